The molecule has 21 heavy (non-hydrogen) atoms. The molecule has 0 N–H and O–H groups in total. The largest absolute Gasteiger partial charge is 0.488 e. The maximum absolute atomic E-state index is 6.36. The molecule has 2 heteroatoms. The van der Waals surface area contributed by atoms with E-state index in [0.717, 1.165) is 0 Å². The molecule has 1 saturated carbocycles. The van der Waals surface area contributed by atoms with Crippen molar-refractivity contribution >= 4 is 22.6 Å². The molecule has 1 aliphatic heterocycles. The van der Waals surface area contributed by atoms with E-state index in [1.807, 2.05) is 0 Å². The van der Waals surface area contributed by atoms with Crippen LogP contribution in [0.2, 0.25) is 0 Å². The fourth-order valence-electron chi connectivity index (χ4n) is 3.88. The number of hydrogen-bond acceptors (Lipinski definition) is 1. The highest BCUT2D eigenvalue weighted by Crippen LogP contribution is 2.48. The molecule has 3 unspecified atom stereocenters. The second-order valence-electron chi connectivity index (χ2n) is 7.38. The Hall–Kier alpha value is -0.250. The van der Waals surface area contributed by atoms with Gasteiger partial charge in [0.05, 0.1) is 0 Å². The van der Waals surface area contributed by atoms with Gasteiger partial charge in [-0.05, 0) is 36.3 Å². The van der Waals surface area contributed by atoms with Crippen LogP contribution in [0.1, 0.15) is 76.3 Å². The monoisotopic (exact) mass is 398 g/mol. The number of unbranched alkanes of at least 4 members (excludes halogenated alkanes) is 1. The normalized spacial score (nSPS) is 27.9. The molecule has 2 aliphatic rings. The molecule has 0 aromatic heterocycles. The lowest BCUT2D eigenvalue weighted by Gasteiger charge is -2.28. The molecule has 1 aromatic rings. The molecule has 0 bridgehead atoms. The van der Waals surface area contributed by atoms with E-state index >= 15 is 0 Å². The van der Waals surface area contributed by atoms with Crippen LogP contribution in [0.5, 0.6) is 5.75 Å². The highest BCUT2D eigenvalue weighted by molar-refractivity contribution is 14.1. The summed E-state index contributed by atoms with van der Waals surface area (Å²) in [6.45, 7) is 7.01. The van der Waals surface area contributed by atoms with E-state index in [-0.39, 0.29) is 5.41 Å². The van der Waals surface area contributed by atoms with Crippen LogP contribution in [0.4, 0.5) is 0 Å². The van der Waals surface area contributed by atoms with Crippen molar-refractivity contribution in [2.45, 2.75) is 80.7 Å². The smallest absolute Gasteiger partial charge is 0.123 e. The van der Waals surface area contributed by atoms with Gasteiger partial charge in [0, 0.05) is 15.4 Å². The molecule has 1 nitrogen and oxygen atoms in total. The van der Waals surface area contributed by atoms with Gasteiger partial charge in [0.25, 0.3) is 0 Å². The van der Waals surface area contributed by atoms with E-state index in [2.05, 4.69) is 61.6 Å². The van der Waals surface area contributed by atoms with Crippen molar-refractivity contribution in [3.05, 3.63) is 29.3 Å². The van der Waals surface area contributed by atoms with E-state index in [4.69, 9.17) is 4.74 Å². The predicted octanol–water partition coefficient (Wildman–Crippen LogP) is 5.99. The average molecular weight is 398 g/mol. The minimum atomic E-state index is 0.256. The summed E-state index contributed by atoms with van der Waals surface area (Å²) in [5.41, 5.74) is 3.17. The first-order chi connectivity index (χ1) is 10.0. The SMILES string of the molecule is CCCCC(C)(C)c1ccc2c(c1)OC1C(I)CCCC21. The maximum Gasteiger partial charge on any atom is 0.123 e. The van der Waals surface area contributed by atoms with Crippen LogP contribution in [-0.4, -0.2) is 10.0 Å². The summed E-state index contributed by atoms with van der Waals surface area (Å²) in [4.78, 5) is 0. The van der Waals surface area contributed by atoms with Gasteiger partial charge in [-0.25, -0.2) is 0 Å². The molecule has 0 spiro atoms. The first-order valence-electron chi connectivity index (χ1n) is 8.48. The molecule has 3 atom stereocenters. The zero-order chi connectivity index (χ0) is 15.0. The number of benzene rings is 1. The molecule has 0 saturated heterocycles. The van der Waals surface area contributed by atoms with Crippen LogP contribution in [-0.2, 0) is 5.41 Å². The Balaban J connectivity index is 1.85. The molecular formula is C19H27IO. The van der Waals surface area contributed by atoms with Gasteiger partial charge < -0.3 is 4.74 Å². The summed E-state index contributed by atoms with van der Waals surface area (Å²) in [5.74, 6) is 1.82. The van der Waals surface area contributed by atoms with Crippen molar-refractivity contribution in [3.63, 3.8) is 0 Å². The topological polar surface area (TPSA) is 9.23 Å². The Morgan fingerprint density at radius 2 is 2.10 bits per heavy atom. The summed E-state index contributed by atoms with van der Waals surface area (Å²) in [6, 6.07) is 7.06. The fourth-order valence-corrected chi connectivity index (χ4v) is 4.96. The van der Waals surface area contributed by atoms with Crippen molar-refractivity contribution in [3.8, 4) is 5.75 Å². The van der Waals surface area contributed by atoms with Gasteiger partial charge in [-0.3, -0.25) is 0 Å². The van der Waals surface area contributed by atoms with E-state index in [1.165, 1.54) is 55.4 Å². The number of hydrogen-bond donors (Lipinski definition) is 0. The second kappa shape index (κ2) is 6.10. The molecule has 116 valence electrons. The third-order valence-electron chi connectivity index (χ3n) is 5.36. The summed E-state index contributed by atoms with van der Waals surface area (Å²) >= 11 is 2.59. The van der Waals surface area contributed by atoms with Crippen molar-refractivity contribution in [1.29, 1.82) is 0 Å². The van der Waals surface area contributed by atoms with Crippen LogP contribution in [0, 0.1) is 0 Å². The lowest BCUT2D eigenvalue weighted by Crippen LogP contribution is -2.32. The Labute approximate surface area is 143 Å². The Morgan fingerprint density at radius 1 is 1.29 bits per heavy atom. The standard InChI is InChI=1S/C19H27IO/c1-4-5-11-19(2,3)13-9-10-14-15-7-6-8-16(20)18(15)21-17(14)12-13/h9-10,12,15-16,18H,4-8,11H2,1-3H3. The van der Waals surface area contributed by atoms with Crippen LogP contribution in [0.15, 0.2) is 18.2 Å². The number of alkyl halides is 1. The molecule has 1 fully saturated rings. The first kappa shape index (κ1) is 15.6. The van der Waals surface area contributed by atoms with Gasteiger partial charge in [-0.2, -0.15) is 0 Å². The van der Waals surface area contributed by atoms with Gasteiger partial charge in [-0.1, -0.05) is 74.8 Å². The van der Waals surface area contributed by atoms with Crippen LogP contribution < -0.4 is 4.74 Å². The molecule has 1 aromatic carbocycles. The molecular weight excluding hydrogens is 371 g/mol. The maximum atomic E-state index is 6.36. The molecule has 1 heterocycles. The van der Waals surface area contributed by atoms with Crippen molar-refractivity contribution < 1.29 is 4.74 Å². The molecule has 3 rings (SSSR count). The zero-order valence-electron chi connectivity index (χ0n) is 13.5. The van der Waals surface area contributed by atoms with Crippen molar-refractivity contribution in [2.24, 2.45) is 0 Å². The summed E-state index contributed by atoms with van der Waals surface area (Å²) in [7, 11) is 0. The lowest BCUT2D eigenvalue weighted by atomic mass is 9.78. The van der Waals surface area contributed by atoms with Gasteiger partial charge >= 0.3 is 0 Å². The lowest BCUT2D eigenvalue weighted by molar-refractivity contribution is 0.176. The highest BCUT2D eigenvalue weighted by Gasteiger charge is 2.41. The molecule has 1 aliphatic carbocycles. The summed E-state index contributed by atoms with van der Waals surface area (Å²) in [5, 5.41) is 0. The molecule has 0 radical (unpaired) electrons. The third-order valence-corrected chi connectivity index (χ3v) is 6.69. The number of halogens is 1. The van der Waals surface area contributed by atoms with Crippen LogP contribution in [0.3, 0.4) is 0 Å². The fraction of sp³-hybridized carbons (Fsp3) is 0.684. The van der Waals surface area contributed by atoms with Crippen LogP contribution in [0.25, 0.3) is 0 Å². The molecule has 0 amide bonds. The quantitative estimate of drug-likeness (QED) is 0.447. The summed E-state index contributed by atoms with van der Waals surface area (Å²) in [6.07, 6.45) is 8.20. The predicted molar refractivity (Wildman–Crippen MR) is 97.8 cm³/mol. The Bertz CT molecular complexity index is 508. The number of rotatable bonds is 4. The van der Waals surface area contributed by atoms with E-state index in [0.29, 0.717) is 15.9 Å². The first-order valence-corrected chi connectivity index (χ1v) is 9.72. The van der Waals surface area contributed by atoms with Gasteiger partial charge in [0.2, 0.25) is 0 Å². The Kier molecular flexibility index (Phi) is 4.54. The van der Waals surface area contributed by atoms with Crippen molar-refractivity contribution in [1.82, 2.24) is 0 Å². The van der Waals surface area contributed by atoms with Gasteiger partial charge in [0.1, 0.15) is 11.9 Å². The Morgan fingerprint density at radius 3 is 2.86 bits per heavy atom. The highest BCUT2D eigenvalue weighted by atomic mass is 127. The number of fused-ring (bicyclic) bond motifs is 3. The number of ether oxygens (including phenoxy) is 1. The summed E-state index contributed by atoms with van der Waals surface area (Å²) < 4.78 is 7.03. The minimum absolute atomic E-state index is 0.256. The van der Waals surface area contributed by atoms with E-state index in [1.54, 1.807) is 0 Å². The van der Waals surface area contributed by atoms with Crippen LogP contribution >= 0.6 is 22.6 Å². The van der Waals surface area contributed by atoms with Gasteiger partial charge in [0.15, 0.2) is 0 Å². The van der Waals surface area contributed by atoms with E-state index in [9.17, 15) is 0 Å². The average Bonchev–Trinajstić information content (AvgIpc) is 2.85. The third kappa shape index (κ3) is 2.97. The second-order valence-corrected chi connectivity index (χ2v) is 8.98. The van der Waals surface area contributed by atoms with E-state index < -0.39 is 0 Å². The van der Waals surface area contributed by atoms with Gasteiger partial charge in [-0.15, -0.1) is 0 Å². The zero-order valence-corrected chi connectivity index (χ0v) is 15.7. The van der Waals surface area contributed by atoms with Crippen molar-refractivity contribution in [2.75, 3.05) is 0 Å². The minimum Gasteiger partial charge on any atom is -0.488 e.